The first-order valence-electron chi connectivity index (χ1n) is 5.31. The van der Waals surface area contributed by atoms with Crippen LogP contribution in [0.2, 0.25) is 0 Å². The molecule has 0 aromatic carbocycles. The van der Waals surface area contributed by atoms with E-state index in [1.807, 2.05) is 0 Å². The fourth-order valence-corrected chi connectivity index (χ4v) is 2.36. The summed E-state index contributed by atoms with van der Waals surface area (Å²) in [5, 5.41) is 0. The number of halogens is 1. The molecule has 0 spiro atoms. The van der Waals surface area contributed by atoms with Crippen LogP contribution in [0.5, 0.6) is 0 Å². The summed E-state index contributed by atoms with van der Waals surface area (Å²) in [6.07, 6.45) is 10.5. The Labute approximate surface area is 95.1 Å². The molecule has 1 unspecified atom stereocenters. The van der Waals surface area contributed by atoms with E-state index >= 15 is 0 Å². The van der Waals surface area contributed by atoms with Gasteiger partial charge < -0.3 is 4.74 Å². The Kier molecular flexibility index (Phi) is 6.04. The summed E-state index contributed by atoms with van der Waals surface area (Å²) < 4.78 is 7.02. The van der Waals surface area contributed by atoms with Crippen molar-refractivity contribution in [2.24, 2.45) is 0 Å². The summed E-state index contributed by atoms with van der Waals surface area (Å²) in [6, 6.07) is 0. The Morgan fingerprint density at radius 3 is 3.00 bits per heavy atom. The van der Waals surface area contributed by atoms with E-state index < -0.39 is 0 Å². The molecule has 0 amide bonds. The van der Waals surface area contributed by atoms with Gasteiger partial charge in [0.2, 0.25) is 0 Å². The van der Waals surface area contributed by atoms with E-state index in [0.29, 0.717) is 6.10 Å². The lowest BCUT2D eigenvalue weighted by molar-refractivity contribution is 0.144. The van der Waals surface area contributed by atoms with Gasteiger partial charge in [0.15, 0.2) is 0 Å². The van der Waals surface area contributed by atoms with Gasteiger partial charge in [0, 0.05) is 10.2 Å². The molecule has 1 heterocycles. The van der Waals surface area contributed by atoms with Crippen molar-refractivity contribution in [2.45, 2.75) is 51.6 Å². The normalized spacial score (nSPS) is 23.8. The van der Waals surface area contributed by atoms with E-state index in [1.165, 1.54) is 42.1 Å². The van der Waals surface area contributed by atoms with Crippen molar-refractivity contribution >= 4 is 22.6 Å². The first-order chi connectivity index (χ1) is 6.34. The largest absolute Gasteiger partial charge is 0.373 e. The Balaban J connectivity index is 2.16. The molecule has 1 aliphatic heterocycles. The van der Waals surface area contributed by atoms with Crippen molar-refractivity contribution in [1.82, 2.24) is 0 Å². The van der Waals surface area contributed by atoms with Crippen molar-refractivity contribution in [3.05, 3.63) is 9.66 Å². The third-order valence-corrected chi connectivity index (χ3v) is 3.52. The summed E-state index contributed by atoms with van der Waals surface area (Å²) in [7, 11) is 0. The second-order valence-corrected chi connectivity index (χ2v) is 4.83. The summed E-state index contributed by atoms with van der Waals surface area (Å²) >= 11 is 2.43. The van der Waals surface area contributed by atoms with Crippen LogP contribution in [0.25, 0.3) is 0 Å². The van der Waals surface area contributed by atoms with Crippen molar-refractivity contribution in [2.75, 3.05) is 6.61 Å². The van der Waals surface area contributed by atoms with Crippen molar-refractivity contribution in [3.63, 3.8) is 0 Å². The highest BCUT2D eigenvalue weighted by molar-refractivity contribution is 14.1. The number of allylic oxidation sites excluding steroid dienone is 1. The predicted octanol–water partition coefficient (Wildman–Crippen LogP) is 4.06. The Morgan fingerprint density at radius 1 is 1.54 bits per heavy atom. The molecule has 2 heteroatoms. The SMILES string of the molecule is CCCCC/C=C(\I)C1CCCO1. The molecule has 1 rings (SSSR count). The Bertz CT molecular complexity index is 159. The van der Waals surface area contributed by atoms with E-state index in [0.717, 1.165) is 6.61 Å². The topological polar surface area (TPSA) is 9.23 Å². The zero-order valence-corrected chi connectivity index (χ0v) is 10.5. The van der Waals surface area contributed by atoms with Crippen LogP contribution in [-0.4, -0.2) is 12.7 Å². The third kappa shape index (κ3) is 4.45. The van der Waals surface area contributed by atoms with Crippen molar-refractivity contribution < 1.29 is 4.74 Å². The lowest BCUT2D eigenvalue weighted by atomic mass is 10.1. The number of hydrogen-bond acceptors (Lipinski definition) is 1. The van der Waals surface area contributed by atoms with Crippen LogP contribution in [0.3, 0.4) is 0 Å². The van der Waals surface area contributed by atoms with E-state index in [-0.39, 0.29) is 0 Å². The first kappa shape index (κ1) is 11.5. The molecular weight excluding hydrogens is 275 g/mol. The standard InChI is InChI=1S/C11H19IO/c1-2-3-4-5-7-10(12)11-8-6-9-13-11/h7,11H,2-6,8-9H2,1H3/b10-7-. The summed E-state index contributed by atoms with van der Waals surface area (Å²) in [4.78, 5) is 0. The van der Waals surface area contributed by atoms with Gasteiger partial charge in [0.05, 0.1) is 6.10 Å². The average Bonchev–Trinajstić information content (AvgIpc) is 2.65. The highest BCUT2D eigenvalue weighted by Crippen LogP contribution is 2.25. The predicted molar refractivity (Wildman–Crippen MR) is 65.2 cm³/mol. The molecule has 0 N–H and O–H groups in total. The van der Waals surface area contributed by atoms with Gasteiger partial charge in [-0.3, -0.25) is 0 Å². The number of hydrogen-bond donors (Lipinski definition) is 0. The van der Waals surface area contributed by atoms with Gasteiger partial charge in [0.1, 0.15) is 0 Å². The van der Waals surface area contributed by atoms with Gasteiger partial charge in [-0.25, -0.2) is 0 Å². The molecule has 1 saturated heterocycles. The van der Waals surface area contributed by atoms with E-state index in [2.05, 4.69) is 35.6 Å². The summed E-state index contributed by atoms with van der Waals surface area (Å²) in [6.45, 7) is 3.20. The molecule has 0 bridgehead atoms. The molecule has 0 saturated carbocycles. The Hall–Kier alpha value is 0.430. The molecule has 1 aliphatic rings. The molecule has 0 aliphatic carbocycles. The molecule has 1 atom stereocenters. The molecule has 0 aromatic rings. The van der Waals surface area contributed by atoms with Crippen molar-refractivity contribution in [1.29, 1.82) is 0 Å². The zero-order valence-electron chi connectivity index (χ0n) is 8.39. The number of ether oxygens (including phenoxy) is 1. The van der Waals surface area contributed by atoms with E-state index in [1.54, 1.807) is 0 Å². The lowest BCUT2D eigenvalue weighted by Gasteiger charge is -2.07. The van der Waals surface area contributed by atoms with E-state index in [9.17, 15) is 0 Å². The minimum atomic E-state index is 0.433. The number of rotatable bonds is 5. The molecule has 0 aromatic heterocycles. The van der Waals surface area contributed by atoms with Crippen LogP contribution < -0.4 is 0 Å². The zero-order chi connectivity index (χ0) is 9.52. The Morgan fingerprint density at radius 2 is 2.38 bits per heavy atom. The van der Waals surface area contributed by atoms with Crippen LogP contribution in [0.4, 0.5) is 0 Å². The van der Waals surface area contributed by atoms with Crippen LogP contribution in [0.15, 0.2) is 9.66 Å². The minimum Gasteiger partial charge on any atom is -0.373 e. The quantitative estimate of drug-likeness (QED) is 0.549. The van der Waals surface area contributed by atoms with Gasteiger partial charge in [-0.15, -0.1) is 0 Å². The molecule has 0 radical (unpaired) electrons. The molecule has 76 valence electrons. The lowest BCUT2D eigenvalue weighted by Crippen LogP contribution is -2.03. The fourth-order valence-electron chi connectivity index (χ4n) is 1.56. The van der Waals surface area contributed by atoms with Crippen LogP contribution in [0, 0.1) is 0 Å². The monoisotopic (exact) mass is 294 g/mol. The van der Waals surface area contributed by atoms with Gasteiger partial charge in [-0.1, -0.05) is 25.8 Å². The molecule has 1 fully saturated rings. The molecule has 13 heavy (non-hydrogen) atoms. The first-order valence-corrected chi connectivity index (χ1v) is 6.39. The van der Waals surface area contributed by atoms with E-state index in [4.69, 9.17) is 4.74 Å². The number of unbranched alkanes of at least 4 members (excludes halogenated alkanes) is 3. The maximum atomic E-state index is 5.60. The highest BCUT2D eigenvalue weighted by Gasteiger charge is 2.17. The maximum absolute atomic E-state index is 5.60. The second kappa shape index (κ2) is 6.82. The van der Waals surface area contributed by atoms with Gasteiger partial charge in [0.25, 0.3) is 0 Å². The van der Waals surface area contributed by atoms with Crippen molar-refractivity contribution in [3.8, 4) is 0 Å². The highest BCUT2D eigenvalue weighted by atomic mass is 127. The fraction of sp³-hybridized carbons (Fsp3) is 0.818. The van der Waals surface area contributed by atoms with Crippen LogP contribution in [-0.2, 0) is 4.74 Å². The average molecular weight is 294 g/mol. The minimum absolute atomic E-state index is 0.433. The van der Waals surface area contributed by atoms with Gasteiger partial charge >= 0.3 is 0 Å². The third-order valence-electron chi connectivity index (χ3n) is 2.38. The molecular formula is C11H19IO. The molecule has 1 nitrogen and oxygen atoms in total. The smallest absolute Gasteiger partial charge is 0.0879 e. The van der Waals surface area contributed by atoms with Gasteiger partial charge in [-0.2, -0.15) is 0 Å². The maximum Gasteiger partial charge on any atom is 0.0879 e. The van der Waals surface area contributed by atoms with Crippen LogP contribution >= 0.6 is 22.6 Å². The summed E-state index contributed by atoms with van der Waals surface area (Å²) in [5.74, 6) is 0. The second-order valence-electron chi connectivity index (χ2n) is 3.59. The van der Waals surface area contributed by atoms with Gasteiger partial charge in [-0.05, 0) is 48.3 Å². The van der Waals surface area contributed by atoms with Crippen LogP contribution in [0.1, 0.15) is 45.4 Å². The summed E-state index contributed by atoms with van der Waals surface area (Å²) in [5.41, 5.74) is 0.